The third-order valence-electron chi connectivity index (χ3n) is 4.87. The van der Waals surface area contributed by atoms with E-state index in [1.807, 2.05) is 30.3 Å². The lowest BCUT2D eigenvalue weighted by Gasteiger charge is -2.31. The normalized spacial score (nSPS) is 14.3. The Labute approximate surface area is 174 Å². The van der Waals surface area contributed by atoms with Crippen LogP contribution >= 0.6 is 11.8 Å². The number of nitriles is 1. The summed E-state index contributed by atoms with van der Waals surface area (Å²) >= 11 is 1.27. The van der Waals surface area contributed by atoms with Crippen LogP contribution < -0.4 is 5.32 Å². The van der Waals surface area contributed by atoms with E-state index in [0.29, 0.717) is 48.0 Å². The van der Waals surface area contributed by atoms with E-state index < -0.39 is 0 Å². The molecule has 2 amide bonds. The van der Waals surface area contributed by atoms with Crippen LogP contribution in [0.25, 0.3) is 0 Å². The fraction of sp³-hybridized carbons (Fsp3) is 0.381. The first kappa shape index (κ1) is 20.8. The van der Waals surface area contributed by atoms with Crippen molar-refractivity contribution in [3.8, 4) is 6.07 Å². The SMILES string of the molecule is Cc1nc(C)c(C#N)c(SCC(=O)N2CCC(C(=O)Nc3ccccc3)CC2)n1. The van der Waals surface area contributed by atoms with Gasteiger partial charge in [-0.3, -0.25) is 9.59 Å². The zero-order valence-electron chi connectivity index (χ0n) is 16.5. The number of aryl methyl sites for hydroxylation is 2. The summed E-state index contributed by atoms with van der Waals surface area (Å²) in [5.74, 6) is 0.704. The van der Waals surface area contributed by atoms with Crippen LogP contribution in [0.15, 0.2) is 35.4 Å². The number of anilines is 1. The van der Waals surface area contributed by atoms with Crippen molar-refractivity contribution in [2.45, 2.75) is 31.7 Å². The molecule has 0 aliphatic carbocycles. The summed E-state index contributed by atoms with van der Waals surface area (Å²) in [6, 6.07) is 11.5. The highest BCUT2D eigenvalue weighted by atomic mass is 32.2. The molecule has 0 bridgehead atoms. The van der Waals surface area contributed by atoms with Crippen molar-refractivity contribution >= 4 is 29.3 Å². The van der Waals surface area contributed by atoms with Gasteiger partial charge in [0, 0.05) is 24.7 Å². The van der Waals surface area contributed by atoms with E-state index in [1.165, 1.54) is 11.8 Å². The fourth-order valence-corrected chi connectivity index (χ4v) is 4.27. The van der Waals surface area contributed by atoms with Gasteiger partial charge in [-0.25, -0.2) is 9.97 Å². The highest BCUT2D eigenvalue weighted by Gasteiger charge is 2.27. The molecule has 0 unspecified atom stereocenters. The maximum absolute atomic E-state index is 12.6. The van der Waals surface area contributed by atoms with Gasteiger partial charge < -0.3 is 10.2 Å². The Morgan fingerprint density at radius 3 is 2.55 bits per heavy atom. The lowest BCUT2D eigenvalue weighted by molar-refractivity contribution is -0.132. The first-order valence-corrected chi connectivity index (χ1v) is 10.5. The van der Waals surface area contributed by atoms with E-state index >= 15 is 0 Å². The van der Waals surface area contributed by atoms with Crippen molar-refractivity contribution < 1.29 is 9.59 Å². The van der Waals surface area contributed by atoms with Gasteiger partial charge in [0.25, 0.3) is 0 Å². The predicted molar refractivity (Wildman–Crippen MR) is 111 cm³/mol. The molecule has 3 rings (SSSR count). The first-order valence-electron chi connectivity index (χ1n) is 9.49. The number of thioether (sulfide) groups is 1. The summed E-state index contributed by atoms with van der Waals surface area (Å²) in [6.07, 6.45) is 1.29. The van der Waals surface area contributed by atoms with Crippen LogP contribution in [0.3, 0.4) is 0 Å². The number of benzene rings is 1. The molecule has 0 atom stereocenters. The fourth-order valence-electron chi connectivity index (χ4n) is 3.29. The molecule has 2 aromatic rings. The molecule has 1 aliphatic rings. The number of amides is 2. The molecule has 1 saturated heterocycles. The summed E-state index contributed by atoms with van der Waals surface area (Å²) in [6.45, 7) is 4.65. The molecule has 29 heavy (non-hydrogen) atoms. The van der Waals surface area contributed by atoms with Gasteiger partial charge >= 0.3 is 0 Å². The van der Waals surface area contributed by atoms with Crippen molar-refractivity contribution in [2.75, 3.05) is 24.2 Å². The highest BCUT2D eigenvalue weighted by molar-refractivity contribution is 8.00. The number of likely N-dealkylation sites (tertiary alicyclic amines) is 1. The molecule has 2 heterocycles. The average molecular weight is 410 g/mol. The van der Waals surface area contributed by atoms with Crippen LogP contribution in [0, 0.1) is 31.1 Å². The standard InChI is InChI=1S/C21H23N5O2S/c1-14-18(12-22)21(24-15(2)23-14)29-13-19(27)26-10-8-16(9-11-26)20(28)25-17-6-4-3-5-7-17/h3-7,16H,8-11,13H2,1-2H3,(H,25,28). The molecular formula is C21H23N5O2S. The van der Waals surface area contributed by atoms with Gasteiger partial charge in [-0.1, -0.05) is 30.0 Å². The number of piperidine rings is 1. The molecule has 0 spiro atoms. The van der Waals surface area contributed by atoms with Crippen LogP contribution in [0.5, 0.6) is 0 Å². The second-order valence-corrected chi connectivity index (χ2v) is 7.91. The third kappa shape index (κ3) is 5.33. The first-order chi connectivity index (χ1) is 14.0. The number of hydrogen-bond acceptors (Lipinski definition) is 6. The Bertz CT molecular complexity index is 934. The third-order valence-corrected chi connectivity index (χ3v) is 5.83. The second kappa shape index (κ2) is 9.52. The lowest BCUT2D eigenvalue weighted by atomic mass is 9.96. The number of para-hydroxylation sites is 1. The van der Waals surface area contributed by atoms with Crippen molar-refractivity contribution in [1.29, 1.82) is 5.26 Å². The average Bonchev–Trinajstić information content (AvgIpc) is 2.72. The van der Waals surface area contributed by atoms with Crippen molar-refractivity contribution in [3.05, 3.63) is 47.4 Å². The number of rotatable bonds is 5. The maximum atomic E-state index is 12.6. The number of nitrogens with one attached hydrogen (secondary N) is 1. The second-order valence-electron chi connectivity index (χ2n) is 6.95. The van der Waals surface area contributed by atoms with E-state index in [9.17, 15) is 14.9 Å². The number of nitrogens with zero attached hydrogens (tertiary/aromatic N) is 4. The minimum atomic E-state index is -0.0933. The molecule has 1 aliphatic heterocycles. The Hall–Kier alpha value is -2.92. The number of hydrogen-bond donors (Lipinski definition) is 1. The zero-order valence-corrected chi connectivity index (χ0v) is 17.3. The van der Waals surface area contributed by atoms with E-state index in [4.69, 9.17) is 0 Å². The van der Waals surface area contributed by atoms with Crippen LogP contribution in [-0.4, -0.2) is 45.5 Å². The highest BCUT2D eigenvalue weighted by Crippen LogP contribution is 2.24. The van der Waals surface area contributed by atoms with Gasteiger partial charge in [0.2, 0.25) is 11.8 Å². The van der Waals surface area contributed by atoms with Gasteiger partial charge in [0.15, 0.2) is 0 Å². The zero-order chi connectivity index (χ0) is 20.8. The smallest absolute Gasteiger partial charge is 0.232 e. The molecule has 8 heteroatoms. The molecule has 0 radical (unpaired) electrons. The summed E-state index contributed by atoms with van der Waals surface area (Å²) in [7, 11) is 0. The predicted octanol–water partition coefficient (Wildman–Crippen LogP) is 2.93. The minimum absolute atomic E-state index is 0.00303. The van der Waals surface area contributed by atoms with Crippen LogP contribution in [0.2, 0.25) is 0 Å². The summed E-state index contributed by atoms with van der Waals surface area (Å²) in [5.41, 5.74) is 1.83. The van der Waals surface area contributed by atoms with E-state index in [0.717, 1.165) is 5.69 Å². The van der Waals surface area contributed by atoms with Crippen molar-refractivity contribution in [1.82, 2.24) is 14.9 Å². The molecule has 1 fully saturated rings. The van der Waals surface area contributed by atoms with Gasteiger partial charge in [-0.15, -0.1) is 0 Å². The topological polar surface area (TPSA) is 99.0 Å². The van der Waals surface area contributed by atoms with Crippen molar-refractivity contribution in [3.63, 3.8) is 0 Å². The molecule has 0 saturated carbocycles. The van der Waals surface area contributed by atoms with Gasteiger partial charge in [-0.2, -0.15) is 5.26 Å². The molecular weight excluding hydrogens is 386 g/mol. The van der Waals surface area contributed by atoms with Gasteiger partial charge in [0.1, 0.15) is 22.5 Å². The van der Waals surface area contributed by atoms with Crippen molar-refractivity contribution in [2.24, 2.45) is 5.92 Å². The summed E-state index contributed by atoms with van der Waals surface area (Å²) in [4.78, 5) is 35.3. The Morgan fingerprint density at radius 1 is 1.21 bits per heavy atom. The van der Waals surface area contributed by atoms with Crippen LogP contribution in [0.4, 0.5) is 5.69 Å². The summed E-state index contributed by atoms with van der Waals surface area (Å²) < 4.78 is 0. The molecule has 1 aromatic heterocycles. The van der Waals surface area contributed by atoms with E-state index in [2.05, 4.69) is 21.4 Å². The maximum Gasteiger partial charge on any atom is 0.232 e. The Balaban J connectivity index is 1.51. The Kier molecular flexibility index (Phi) is 6.83. The molecule has 1 aromatic carbocycles. The van der Waals surface area contributed by atoms with Crippen LogP contribution in [0.1, 0.15) is 29.9 Å². The van der Waals surface area contributed by atoms with E-state index in [-0.39, 0.29) is 23.5 Å². The van der Waals surface area contributed by atoms with Gasteiger partial charge in [-0.05, 0) is 38.8 Å². The largest absolute Gasteiger partial charge is 0.342 e. The van der Waals surface area contributed by atoms with Gasteiger partial charge in [0.05, 0.1) is 11.4 Å². The molecule has 7 nitrogen and oxygen atoms in total. The quantitative estimate of drug-likeness (QED) is 0.602. The Morgan fingerprint density at radius 2 is 1.90 bits per heavy atom. The van der Waals surface area contributed by atoms with Crippen LogP contribution in [-0.2, 0) is 9.59 Å². The molecule has 1 N–H and O–H groups in total. The lowest BCUT2D eigenvalue weighted by Crippen LogP contribution is -2.42. The molecule has 150 valence electrons. The number of aromatic nitrogens is 2. The number of carbonyl (C=O) groups excluding carboxylic acids is 2. The monoisotopic (exact) mass is 409 g/mol. The van der Waals surface area contributed by atoms with E-state index in [1.54, 1.807) is 18.7 Å². The minimum Gasteiger partial charge on any atom is -0.342 e. The number of carbonyl (C=O) groups is 2. The summed E-state index contributed by atoms with van der Waals surface area (Å²) in [5, 5.41) is 12.8.